The van der Waals surface area contributed by atoms with Gasteiger partial charge in [-0.15, -0.1) is 16.2 Å². The molecular weight excluding hydrogens is 468 g/mol. The van der Waals surface area contributed by atoms with Gasteiger partial charge in [0.25, 0.3) is 15.9 Å². The fourth-order valence-electron chi connectivity index (χ4n) is 3.60. The Labute approximate surface area is 196 Å². The number of methoxy groups -OCH3 is 2. The maximum atomic E-state index is 13.0. The second kappa shape index (κ2) is 10.8. The van der Waals surface area contributed by atoms with Crippen molar-refractivity contribution in [2.24, 2.45) is 0 Å². The van der Waals surface area contributed by atoms with E-state index in [4.69, 9.17) is 14.6 Å². The molecule has 0 saturated heterocycles. The zero-order valence-electron chi connectivity index (χ0n) is 18.3. The van der Waals surface area contributed by atoms with Gasteiger partial charge in [0.15, 0.2) is 11.5 Å². The van der Waals surface area contributed by atoms with E-state index < -0.39 is 21.9 Å². The van der Waals surface area contributed by atoms with E-state index in [2.05, 4.69) is 10.3 Å². The number of carboxylic acid groups (broad SMARTS) is 1. The highest BCUT2D eigenvalue weighted by molar-refractivity contribution is 7.89. The SMILES string of the molecule is COc1cc(C=CC(=O)O)cc(S(=O)(=O)NNC(=O)c2cc3c(s2)CCCCCC3)c1OC. The topological polar surface area (TPSA) is 131 Å². The highest BCUT2D eigenvalue weighted by Crippen LogP contribution is 2.36. The summed E-state index contributed by atoms with van der Waals surface area (Å²) in [5.74, 6) is -1.73. The minimum atomic E-state index is -4.28. The largest absolute Gasteiger partial charge is 0.493 e. The summed E-state index contributed by atoms with van der Waals surface area (Å²) in [6.45, 7) is 0. The molecule has 3 N–H and O–H groups in total. The molecule has 1 aromatic heterocycles. The summed E-state index contributed by atoms with van der Waals surface area (Å²) in [6.07, 6.45) is 8.43. The summed E-state index contributed by atoms with van der Waals surface area (Å²) in [7, 11) is -1.67. The summed E-state index contributed by atoms with van der Waals surface area (Å²) in [5, 5.41) is 8.86. The molecule has 1 aliphatic carbocycles. The molecule has 33 heavy (non-hydrogen) atoms. The molecule has 1 heterocycles. The highest BCUT2D eigenvalue weighted by Gasteiger charge is 2.25. The quantitative estimate of drug-likeness (QED) is 0.379. The van der Waals surface area contributed by atoms with Crippen LogP contribution < -0.4 is 19.7 Å². The summed E-state index contributed by atoms with van der Waals surface area (Å²) in [4.78, 5) is 26.9. The Kier molecular flexibility index (Phi) is 8.11. The first kappa shape index (κ1) is 24.7. The van der Waals surface area contributed by atoms with Crippen LogP contribution in [0.1, 0.15) is 51.4 Å². The third-order valence-corrected chi connectivity index (χ3v) is 7.68. The minimum absolute atomic E-state index is 0.0780. The molecule has 9 nitrogen and oxygen atoms in total. The summed E-state index contributed by atoms with van der Waals surface area (Å²) in [6, 6.07) is 4.50. The number of hydrogen-bond acceptors (Lipinski definition) is 7. The molecule has 0 bridgehead atoms. The van der Waals surface area contributed by atoms with Gasteiger partial charge in [-0.25, -0.2) is 13.2 Å². The number of sulfonamides is 1. The van der Waals surface area contributed by atoms with Crippen LogP contribution in [0.15, 0.2) is 29.2 Å². The normalized spacial score (nSPS) is 14.2. The van der Waals surface area contributed by atoms with Gasteiger partial charge in [-0.1, -0.05) is 12.8 Å². The van der Waals surface area contributed by atoms with Gasteiger partial charge >= 0.3 is 5.97 Å². The first-order valence-corrected chi connectivity index (χ1v) is 12.7. The second-order valence-corrected chi connectivity index (χ2v) is 10.2. The number of hydrazine groups is 1. The number of benzene rings is 1. The third kappa shape index (κ3) is 6.12. The number of fused-ring (bicyclic) bond motifs is 1. The van der Waals surface area contributed by atoms with Crippen LogP contribution in [0.3, 0.4) is 0 Å². The van der Waals surface area contributed by atoms with Crippen molar-refractivity contribution in [2.45, 2.75) is 43.4 Å². The van der Waals surface area contributed by atoms with Crippen LogP contribution in [-0.2, 0) is 27.7 Å². The number of carbonyl (C=O) groups is 2. The Morgan fingerprint density at radius 3 is 2.45 bits per heavy atom. The average Bonchev–Trinajstić information content (AvgIpc) is 3.17. The lowest BCUT2D eigenvalue weighted by atomic mass is 10.00. The maximum Gasteiger partial charge on any atom is 0.328 e. The number of nitrogens with one attached hydrogen (secondary N) is 2. The first-order chi connectivity index (χ1) is 15.7. The fraction of sp³-hybridized carbons (Fsp3) is 0.364. The van der Waals surface area contributed by atoms with Gasteiger partial charge < -0.3 is 14.6 Å². The number of aliphatic carboxylic acids is 1. The summed E-state index contributed by atoms with van der Waals surface area (Å²) < 4.78 is 36.4. The van der Waals surface area contributed by atoms with Crippen molar-refractivity contribution in [2.75, 3.05) is 14.2 Å². The van der Waals surface area contributed by atoms with E-state index in [-0.39, 0.29) is 22.0 Å². The van der Waals surface area contributed by atoms with Crippen LogP contribution in [0.2, 0.25) is 0 Å². The molecule has 0 atom stereocenters. The predicted molar refractivity (Wildman–Crippen MR) is 124 cm³/mol. The monoisotopic (exact) mass is 494 g/mol. The van der Waals surface area contributed by atoms with E-state index in [1.165, 1.54) is 61.5 Å². The molecule has 0 unspecified atom stereocenters. The zero-order valence-corrected chi connectivity index (χ0v) is 20.0. The molecule has 0 saturated carbocycles. The molecule has 1 aliphatic rings. The van der Waals surface area contributed by atoms with Gasteiger partial charge in [-0.3, -0.25) is 10.2 Å². The fourth-order valence-corrected chi connectivity index (χ4v) is 5.80. The van der Waals surface area contributed by atoms with Gasteiger partial charge in [0.1, 0.15) is 4.90 Å². The van der Waals surface area contributed by atoms with E-state index in [0.717, 1.165) is 37.3 Å². The Morgan fingerprint density at radius 2 is 1.79 bits per heavy atom. The van der Waals surface area contributed by atoms with Crippen LogP contribution in [0.5, 0.6) is 11.5 Å². The molecule has 1 amide bonds. The van der Waals surface area contributed by atoms with Crippen molar-refractivity contribution >= 4 is 39.3 Å². The van der Waals surface area contributed by atoms with Gasteiger partial charge in [0.2, 0.25) is 0 Å². The first-order valence-electron chi connectivity index (χ1n) is 10.4. The van der Waals surface area contributed by atoms with Gasteiger partial charge in [-0.05, 0) is 61.1 Å². The van der Waals surface area contributed by atoms with E-state index in [1.54, 1.807) is 0 Å². The Morgan fingerprint density at radius 1 is 1.06 bits per heavy atom. The number of rotatable bonds is 8. The smallest absolute Gasteiger partial charge is 0.328 e. The summed E-state index contributed by atoms with van der Waals surface area (Å²) >= 11 is 1.38. The number of aryl methyl sites for hydroxylation is 2. The number of carboxylic acids is 1. The van der Waals surface area contributed by atoms with E-state index in [0.29, 0.717) is 4.88 Å². The molecule has 3 rings (SSSR count). The van der Waals surface area contributed by atoms with Crippen LogP contribution in [-0.4, -0.2) is 39.6 Å². The lowest BCUT2D eigenvalue weighted by Gasteiger charge is -2.15. The molecule has 0 fully saturated rings. The molecule has 178 valence electrons. The van der Waals surface area contributed by atoms with Crippen molar-refractivity contribution in [3.05, 3.63) is 45.2 Å². The van der Waals surface area contributed by atoms with E-state index in [9.17, 15) is 18.0 Å². The van der Waals surface area contributed by atoms with Crippen molar-refractivity contribution in [3.8, 4) is 11.5 Å². The molecular formula is C22H26N2O7S2. The van der Waals surface area contributed by atoms with Crippen molar-refractivity contribution in [3.63, 3.8) is 0 Å². The summed E-state index contributed by atoms with van der Waals surface area (Å²) in [5.41, 5.74) is 3.68. The van der Waals surface area contributed by atoms with Crippen molar-refractivity contribution < 1.29 is 32.6 Å². The number of ether oxygens (including phenoxy) is 2. The van der Waals surface area contributed by atoms with Crippen molar-refractivity contribution in [1.82, 2.24) is 10.3 Å². The molecule has 0 spiro atoms. The van der Waals surface area contributed by atoms with Gasteiger partial charge in [0, 0.05) is 11.0 Å². The van der Waals surface area contributed by atoms with Crippen LogP contribution in [0.25, 0.3) is 6.08 Å². The number of hydrogen-bond donors (Lipinski definition) is 3. The van der Waals surface area contributed by atoms with Gasteiger partial charge in [-0.2, -0.15) is 0 Å². The number of carbonyl (C=O) groups excluding carboxylic acids is 1. The lowest BCUT2D eigenvalue weighted by Crippen LogP contribution is -2.41. The third-order valence-electron chi connectivity index (χ3n) is 5.19. The second-order valence-electron chi connectivity index (χ2n) is 7.46. The lowest BCUT2D eigenvalue weighted by molar-refractivity contribution is -0.131. The minimum Gasteiger partial charge on any atom is -0.493 e. The van der Waals surface area contributed by atoms with Crippen LogP contribution in [0.4, 0.5) is 0 Å². The standard InChI is InChI=1S/C22H26N2O7S2/c1-30-16-11-14(9-10-20(25)26)12-19(21(16)31-2)33(28,29)24-23-22(27)18-13-15-7-5-3-4-6-8-17(15)32-18/h9-13,24H,3-8H2,1-2H3,(H,23,27)(H,25,26). The molecule has 0 radical (unpaired) electrons. The number of amides is 1. The zero-order chi connectivity index (χ0) is 24.0. The van der Waals surface area contributed by atoms with Crippen LogP contribution in [0, 0.1) is 0 Å². The van der Waals surface area contributed by atoms with Crippen LogP contribution >= 0.6 is 11.3 Å². The highest BCUT2D eigenvalue weighted by atomic mass is 32.2. The number of thiophene rings is 1. The molecule has 0 aliphatic heterocycles. The Balaban J connectivity index is 1.84. The average molecular weight is 495 g/mol. The van der Waals surface area contributed by atoms with Gasteiger partial charge in [0.05, 0.1) is 19.1 Å². The van der Waals surface area contributed by atoms with E-state index >= 15 is 0 Å². The Bertz CT molecular complexity index is 1140. The maximum absolute atomic E-state index is 13.0. The predicted octanol–water partition coefficient (Wildman–Crippen LogP) is 3.15. The Hall–Kier alpha value is -2.89. The molecule has 1 aromatic carbocycles. The molecule has 2 aromatic rings. The van der Waals surface area contributed by atoms with E-state index in [1.807, 2.05) is 6.07 Å². The van der Waals surface area contributed by atoms with Crippen molar-refractivity contribution in [1.29, 1.82) is 0 Å². The molecule has 11 heteroatoms.